The van der Waals surface area contributed by atoms with Crippen molar-refractivity contribution in [2.24, 2.45) is 5.73 Å². The molecule has 1 heterocycles. The number of hydrogen-bond donors (Lipinski definition) is 1. The summed E-state index contributed by atoms with van der Waals surface area (Å²) < 4.78 is 7.54. The second kappa shape index (κ2) is 6.76. The van der Waals surface area contributed by atoms with Crippen LogP contribution in [-0.4, -0.2) is 23.4 Å². The monoisotopic (exact) mass is 287 g/mol. The Morgan fingerprint density at radius 1 is 1.24 bits per heavy atom. The minimum absolute atomic E-state index is 0.720. The van der Waals surface area contributed by atoms with Crippen LogP contribution in [0, 0.1) is 20.8 Å². The maximum atomic E-state index is 5.59. The lowest BCUT2D eigenvalue weighted by Gasteiger charge is -2.12. The van der Waals surface area contributed by atoms with Crippen LogP contribution < -0.4 is 10.5 Å². The molecule has 2 rings (SSSR count). The third kappa shape index (κ3) is 3.45. The fourth-order valence-electron chi connectivity index (χ4n) is 2.52. The number of rotatable bonds is 6. The second-order valence-corrected chi connectivity index (χ2v) is 5.49. The summed E-state index contributed by atoms with van der Waals surface area (Å²) >= 11 is 0. The summed E-state index contributed by atoms with van der Waals surface area (Å²) in [6.07, 6.45) is 2.01. The highest BCUT2D eigenvalue weighted by Crippen LogP contribution is 2.23. The maximum Gasteiger partial charge on any atom is 0.123 e. The molecule has 114 valence electrons. The SMILES string of the molecule is COc1ccc(CCCN)cc1Cn1nc(C)c(C)c1C. The van der Waals surface area contributed by atoms with E-state index in [-0.39, 0.29) is 0 Å². The van der Waals surface area contributed by atoms with Gasteiger partial charge in [0.25, 0.3) is 0 Å². The number of hydrogen-bond acceptors (Lipinski definition) is 3. The number of methoxy groups -OCH3 is 1. The van der Waals surface area contributed by atoms with Crippen LogP contribution in [0.5, 0.6) is 5.75 Å². The molecule has 0 aliphatic carbocycles. The van der Waals surface area contributed by atoms with Crippen LogP contribution in [-0.2, 0) is 13.0 Å². The molecule has 2 N–H and O–H groups in total. The van der Waals surface area contributed by atoms with Crippen LogP contribution in [0.2, 0.25) is 0 Å². The number of benzene rings is 1. The Labute approximate surface area is 126 Å². The first-order chi connectivity index (χ1) is 10.1. The van der Waals surface area contributed by atoms with Crippen molar-refractivity contribution in [1.29, 1.82) is 0 Å². The predicted molar refractivity (Wildman–Crippen MR) is 85.9 cm³/mol. The Balaban J connectivity index is 2.30. The zero-order valence-electron chi connectivity index (χ0n) is 13.4. The summed E-state index contributed by atoms with van der Waals surface area (Å²) in [6, 6.07) is 6.37. The molecule has 0 saturated carbocycles. The van der Waals surface area contributed by atoms with Crippen molar-refractivity contribution < 1.29 is 4.74 Å². The number of ether oxygens (including phenoxy) is 1. The van der Waals surface area contributed by atoms with Gasteiger partial charge in [0.05, 0.1) is 19.3 Å². The molecule has 2 aromatic rings. The molecule has 4 heteroatoms. The first kappa shape index (κ1) is 15.6. The van der Waals surface area contributed by atoms with Gasteiger partial charge in [-0.25, -0.2) is 0 Å². The van der Waals surface area contributed by atoms with E-state index in [1.54, 1.807) is 7.11 Å². The van der Waals surface area contributed by atoms with Crippen molar-refractivity contribution >= 4 is 0 Å². The minimum Gasteiger partial charge on any atom is -0.496 e. The van der Waals surface area contributed by atoms with Crippen molar-refractivity contribution in [2.75, 3.05) is 13.7 Å². The van der Waals surface area contributed by atoms with Crippen LogP contribution in [0.3, 0.4) is 0 Å². The van der Waals surface area contributed by atoms with E-state index in [1.807, 2.05) is 13.0 Å². The highest BCUT2D eigenvalue weighted by Gasteiger charge is 2.11. The Morgan fingerprint density at radius 2 is 2.00 bits per heavy atom. The van der Waals surface area contributed by atoms with E-state index in [2.05, 4.69) is 35.8 Å². The second-order valence-electron chi connectivity index (χ2n) is 5.49. The van der Waals surface area contributed by atoms with Gasteiger partial charge in [0.1, 0.15) is 5.75 Å². The maximum absolute atomic E-state index is 5.59. The van der Waals surface area contributed by atoms with E-state index < -0.39 is 0 Å². The van der Waals surface area contributed by atoms with Gasteiger partial charge in [-0.1, -0.05) is 12.1 Å². The summed E-state index contributed by atoms with van der Waals surface area (Å²) in [5, 5.41) is 4.61. The molecule has 0 fully saturated rings. The first-order valence-corrected chi connectivity index (χ1v) is 7.43. The van der Waals surface area contributed by atoms with E-state index in [0.29, 0.717) is 0 Å². The highest BCUT2D eigenvalue weighted by molar-refractivity contribution is 5.38. The Hall–Kier alpha value is -1.81. The third-order valence-electron chi connectivity index (χ3n) is 4.08. The van der Waals surface area contributed by atoms with Crippen molar-refractivity contribution in [3.63, 3.8) is 0 Å². The molecular weight excluding hydrogens is 262 g/mol. The molecule has 0 aliphatic rings. The lowest BCUT2D eigenvalue weighted by molar-refractivity contribution is 0.407. The van der Waals surface area contributed by atoms with Gasteiger partial charge in [0.2, 0.25) is 0 Å². The molecule has 0 saturated heterocycles. The molecule has 0 amide bonds. The van der Waals surface area contributed by atoms with Crippen LogP contribution in [0.1, 0.15) is 34.5 Å². The summed E-state index contributed by atoms with van der Waals surface area (Å²) in [7, 11) is 1.71. The fraction of sp³-hybridized carbons (Fsp3) is 0.471. The molecule has 4 nitrogen and oxygen atoms in total. The van der Waals surface area contributed by atoms with E-state index in [0.717, 1.165) is 42.9 Å². The van der Waals surface area contributed by atoms with Gasteiger partial charge in [0.15, 0.2) is 0 Å². The van der Waals surface area contributed by atoms with E-state index in [1.165, 1.54) is 16.8 Å². The Morgan fingerprint density at radius 3 is 2.57 bits per heavy atom. The third-order valence-corrected chi connectivity index (χ3v) is 4.08. The molecule has 21 heavy (non-hydrogen) atoms. The normalized spacial score (nSPS) is 10.9. The zero-order chi connectivity index (χ0) is 15.4. The number of nitrogens with two attached hydrogens (primary N) is 1. The summed E-state index contributed by atoms with van der Waals surface area (Å²) in [5.74, 6) is 0.914. The average molecular weight is 287 g/mol. The van der Waals surface area contributed by atoms with Gasteiger partial charge in [-0.15, -0.1) is 0 Å². The van der Waals surface area contributed by atoms with Gasteiger partial charge >= 0.3 is 0 Å². The summed E-state index contributed by atoms with van der Waals surface area (Å²) in [5.41, 5.74) is 11.6. The van der Waals surface area contributed by atoms with Crippen LogP contribution >= 0.6 is 0 Å². The molecule has 0 radical (unpaired) electrons. The fourth-order valence-corrected chi connectivity index (χ4v) is 2.52. The van der Waals surface area contributed by atoms with Crippen LogP contribution in [0.4, 0.5) is 0 Å². The quantitative estimate of drug-likeness (QED) is 0.889. The molecule has 1 aromatic heterocycles. The zero-order valence-corrected chi connectivity index (χ0v) is 13.4. The average Bonchev–Trinajstić information content (AvgIpc) is 2.72. The minimum atomic E-state index is 0.720. The lowest BCUT2D eigenvalue weighted by Crippen LogP contribution is -2.07. The molecule has 0 bridgehead atoms. The van der Waals surface area contributed by atoms with Gasteiger partial charge in [-0.2, -0.15) is 5.10 Å². The first-order valence-electron chi connectivity index (χ1n) is 7.43. The van der Waals surface area contributed by atoms with Gasteiger partial charge in [-0.05, 0) is 57.4 Å². The van der Waals surface area contributed by atoms with Crippen molar-refractivity contribution in [1.82, 2.24) is 9.78 Å². The smallest absolute Gasteiger partial charge is 0.123 e. The van der Waals surface area contributed by atoms with Gasteiger partial charge in [0, 0.05) is 11.3 Å². The van der Waals surface area contributed by atoms with Crippen molar-refractivity contribution in [3.8, 4) is 5.75 Å². The number of aromatic nitrogens is 2. The number of aryl methyl sites for hydroxylation is 2. The van der Waals surface area contributed by atoms with Crippen LogP contribution in [0.15, 0.2) is 18.2 Å². The largest absolute Gasteiger partial charge is 0.496 e. The lowest BCUT2D eigenvalue weighted by atomic mass is 10.1. The van der Waals surface area contributed by atoms with E-state index in [9.17, 15) is 0 Å². The molecular formula is C17H25N3O. The van der Waals surface area contributed by atoms with Gasteiger partial charge < -0.3 is 10.5 Å². The predicted octanol–water partition coefficient (Wildman–Crippen LogP) is 2.76. The summed E-state index contributed by atoms with van der Waals surface area (Å²) in [4.78, 5) is 0. The molecule has 0 spiro atoms. The van der Waals surface area contributed by atoms with Crippen molar-refractivity contribution in [3.05, 3.63) is 46.3 Å². The molecule has 0 unspecified atom stereocenters. The van der Waals surface area contributed by atoms with E-state index >= 15 is 0 Å². The molecule has 1 aromatic carbocycles. The van der Waals surface area contributed by atoms with E-state index in [4.69, 9.17) is 10.5 Å². The summed E-state index contributed by atoms with van der Waals surface area (Å²) in [6.45, 7) is 7.73. The molecule has 0 atom stereocenters. The Kier molecular flexibility index (Phi) is 5.02. The Bertz CT molecular complexity index is 617. The standard InChI is InChI=1S/C17H25N3O/c1-12-13(2)19-20(14(12)3)11-16-10-15(6-5-9-18)7-8-17(16)21-4/h7-8,10H,5-6,9,11,18H2,1-4H3. The highest BCUT2D eigenvalue weighted by atomic mass is 16.5. The van der Waals surface area contributed by atoms with Crippen LogP contribution in [0.25, 0.3) is 0 Å². The van der Waals surface area contributed by atoms with Gasteiger partial charge in [-0.3, -0.25) is 4.68 Å². The van der Waals surface area contributed by atoms with Crippen molar-refractivity contribution in [2.45, 2.75) is 40.2 Å². The topological polar surface area (TPSA) is 53.1 Å². The number of nitrogens with zero attached hydrogens (tertiary/aromatic N) is 2. The molecule has 0 aliphatic heterocycles.